The second kappa shape index (κ2) is 7.48. The van der Waals surface area contributed by atoms with Crippen LogP contribution < -0.4 is 27.9 Å². The maximum Gasteiger partial charge on any atom is 0.151 e. The molecule has 0 saturated carbocycles. The van der Waals surface area contributed by atoms with Crippen LogP contribution in [0.3, 0.4) is 0 Å². The fourth-order valence-electron chi connectivity index (χ4n) is 2.19. The number of allylic oxidation sites excluding steroid dienone is 1. The number of phenolic OH excluding ortho intramolecular Hbond substituents is 2. The molecule has 0 aliphatic rings. The molecule has 0 unspecified atom stereocenters. The molecule has 0 fully saturated rings. The standard InChI is InChI=1S/C16H13B3FN3O2/c17-11-12(18)15(24)16(25)13(19)14(11)23-6-9(5-22)8-1-7(4-21)2-10(20)3-8/h1-3,5-6,24-25H,4,21-22H2. The van der Waals surface area contributed by atoms with Gasteiger partial charge < -0.3 is 21.7 Å². The number of aromatic hydroxyl groups is 2. The van der Waals surface area contributed by atoms with Crippen LogP contribution in [0.2, 0.25) is 0 Å². The minimum Gasteiger partial charge on any atom is -0.505 e. The van der Waals surface area contributed by atoms with E-state index in [1.807, 2.05) is 0 Å². The van der Waals surface area contributed by atoms with Gasteiger partial charge in [0.25, 0.3) is 0 Å². The molecule has 2 rings (SSSR count). The van der Waals surface area contributed by atoms with Gasteiger partial charge in [0.15, 0.2) is 5.75 Å². The van der Waals surface area contributed by atoms with Crippen LogP contribution in [-0.2, 0) is 6.54 Å². The Hall–Kier alpha value is -2.67. The Kier molecular flexibility index (Phi) is 5.59. The number of rotatable bonds is 4. The molecule has 0 saturated heterocycles. The zero-order valence-corrected chi connectivity index (χ0v) is 13.2. The molecule has 0 aromatic heterocycles. The van der Waals surface area contributed by atoms with Crippen LogP contribution in [0.4, 0.5) is 10.1 Å². The Labute approximate surface area is 148 Å². The molecule has 6 radical (unpaired) electrons. The molecule has 0 aliphatic heterocycles. The summed E-state index contributed by atoms with van der Waals surface area (Å²) < 4.78 is 13.7. The lowest BCUT2D eigenvalue weighted by Gasteiger charge is -2.14. The SMILES string of the molecule is [B]c1c([B])c(N=CC(=CN)c2cc(F)cc(CN)c2)c([B])c(O)c1O. The molecular weight excluding hydrogens is 318 g/mol. The zero-order chi connectivity index (χ0) is 18.7. The molecule has 9 heteroatoms. The van der Waals surface area contributed by atoms with Crippen molar-refractivity contribution in [2.45, 2.75) is 6.54 Å². The Balaban J connectivity index is 2.50. The average molecular weight is 331 g/mol. The van der Waals surface area contributed by atoms with Crippen molar-refractivity contribution in [2.24, 2.45) is 16.5 Å². The maximum absolute atomic E-state index is 13.7. The number of halogens is 1. The summed E-state index contributed by atoms with van der Waals surface area (Å²) >= 11 is 0. The molecule has 0 aliphatic carbocycles. The van der Waals surface area contributed by atoms with Crippen molar-refractivity contribution >= 4 is 57.4 Å². The van der Waals surface area contributed by atoms with Crippen LogP contribution in [0.5, 0.6) is 11.5 Å². The van der Waals surface area contributed by atoms with Crippen LogP contribution in [0.25, 0.3) is 5.57 Å². The summed E-state index contributed by atoms with van der Waals surface area (Å²) in [6.45, 7) is 0.155. The highest BCUT2D eigenvalue weighted by atomic mass is 19.1. The van der Waals surface area contributed by atoms with Crippen molar-refractivity contribution in [3.05, 3.63) is 41.3 Å². The highest BCUT2D eigenvalue weighted by Crippen LogP contribution is 2.22. The minimum absolute atomic E-state index is 0.0393. The average Bonchev–Trinajstić information content (AvgIpc) is 2.60. The van der Waals surface area contributed by atoms with Crippen molar-refractivity contribution in [1.29, 1.82) is 0 Å². The van der Waals surface area contributed by atoms with Crippen LogP contribution in [-0.4, -0.2) is 40.0 Å². The summed E-state index contributed by atoms with van der Waals surface area (Å²) in [6.07, 6.45) is 2.50. The third-order valence-electron chi connectivity index (χ3n) is 3.57. The van der Waals surface area contributed by atoms with Gasteiger partial charge in [-0.05, 0) is 34.8 Å². The largest absolute Gasteiger partial charge is 0.505 e. The van der Waals surface area contributed by atoms with Crippen molar-refractivity contribution in [1.82, 2.24) is 0 Å². The van der Waals surface area contributed by atoms with Gasteiger partial charge in [0.2, 0.25) is 0 Å². The number of aliphatic imine (C=N–C) groups is 1. The van der Waals surface area contributed by atoms with Crippen LogP contribution in [0.15, 0.2) is 29.4 Å². The maximum atomic E-state index is 13.7. The molecule has 120 valence electrons. The van der Waals surface area contributed by atoms with E-state index in [0.717, 1.165) is 0 Å². The predicted octanol–water partition coefficient (Wildman–Crippen LogP) is -1.22. The monoisotopic (exact) mass is 331 g/mol. The van der Waals surface area contributed by atoms with E-state index in [-0.39, 0.29) is 28.6 Å². The summed E-state index contributed by atoms with van der Waals surface area (Å²) in [5, 5.41) is 19.4. The highest BCUT2D eigenvalue weighted by Gasteiger charge is 2.14. The van der Waals surface area contributed by atoms with Crippen molar-refractivity contribution < 1.29 is 14.6 Å². The van der Waals surface area contributed by atoms with E-state index in [1.165, 1.54) is 24.5 Å². The summed E-state index contributed by atoms with van der Waals surface area (Å²) in [6, 6.07) is 4.23. The second-order valence-corrected chi connectivity index (χ2v) is 5.22. The first-order valence-electron chi connectivity index (χ1n) is 7.14. The number of hydrogen-bond donors (Lipinski definition) is 4. The Bertz CT molecular complexity index is 856. The van der Waals surface area contributed by atoms with Gasteiger partial charge >= 0.3 is 0 Å². The number of benzene rings is 2. The first-order valence-corrected chi connectivity index (χ1v) is 7.14. The highest BCUT2D eigenvalue weighted by molar-refractivity contribution is 6.55. The molecular formula is C16H13B3FN3O2. The van der Waals surface area contributed by atoms with Gasteiger partial charge in [-0.15, -0.1) is 0 Å². The van der Waals surface area contributed by atoms with Crippen molar-refractivity contribution in [2.75, 3.05) is 0 Å². The Morgan fingerprint density at radius 3 is 2.32 bits per heavy atom. The summed E-state index contributed by atoms with van der Waals surface area (Å²) in [7, 11) is 17.1. The molecule has 0 spiro atoms. The lowest BCUT2D eigenvalue weighted by Crippen LogP contribution is -2.31. The molecule has 6 N–H and O–H groups in total. The number of hydrogen-bond acceptors (Lipinski definition) is 5. The van der Waals surface area contributed by atoms with E-state index in [4.69, 9.17) is 35.0 Å². The van der Waals surface area contributed by atoms with Gasteiger partial charge in [-0.2, -0.15) is 0 Å². The van der Waals surface area contributed by atoms with Crippen LogP contribution >= 0.6 is 0 Å². The summed E-state index contributed by atoms with van der Waals surface area (Å²) in [5.41, 5.74) is 11.8. The Morgan fingerprint density at radius 2 is 1.72 bits per heavy atom. The molecule has 0 bridgehead atoms. The quantitative estimate of drug-likeness (QED) is 0.320. The first kappa shape index (κ1) is 18.7. The van der Waals surface area contributed by atoms with Gasteiger partial charge in [0.05, 0.1) is 5.69 Å². The van der Waals surface area contributed by atoms with Gasteiger partial charge in [-0.25, -0.2) is 4.39 Å². The molecule has 0 heterocycles. The van der Waals surface area contributed by atoms with E-state index in [0.29, 0.717) is 16.7 Å². The summed E-state index contributed by atoms with van der Waals surface area (Å²) in [4.78, 5) is 4.07. The normalized spacial score (nSPS) is 12.0. The van der Waals surface area contributed by atoms with E-state index in [2.05, 4.69) is 4.99 Å². The summed E-state index contributed by atoms with van der Waals surface area (Å²) in [5.74, 6) is -1.73. The van der Waals surface area contributed by atoms with Gasteiger partial charge in [0.1, 0.15) is 35.1 Å². The van der Waals surface area contributed by atoms with Crippen LogP contribution in [0.1, 0.15) is 11.1 Å². The molecule has 2 aromatic carbocycles. The van der Waals surface area contributed by atoms with Gasteiger partial charge in [-0.3, -0.25) is 4.99 Å². The van der Waals surface area contributed by atoms with E-state index in [1.54, 1.807) is 6.07 Å². The lowest BCUT2D eigenvalue weighted by atomic mass is 9.74. The number of nitrogens with two attached hydrogens (primary N) is 2. The van der Waals surface area contributed by atoms with Gasteiger partial charge in [0, 0.05) is 24.5 Å². The van der Waals surface area contributed by atoms with E-state index in [9.17, 15) is 14.6 Å². The second-order valence-electron chi connectivity index (χ2n) is 5.22. The molecule has 0 atom stereocenters. The van der Waals surface area contributed by atoms with E-state index < -0.39 is 17.3 Å². The lowest BCUT2D eigenvalue weighted by molar-refractivity contribution is 0.410. The molecule has 5 nitrogen and oxygen atoms in total. The fraction of sp³-hybridized carbons (Fsp3) is 0.0625. The van der Waals surface area contributed by atoms with Crippen molar-refractivity contribution in [3.8, 4) is 11.5 Å². The van der Waals surface area contributed by atoms with E-state index >= 15 is 0 Å². The number of nitrogens with zero attached hydrogens (tertiary/aromatic N) is 1. The molecule has 2 aromatic rings. The third-order valence-corrected chi connectivity index (χ3v) is 3.57. The minimum atomic E-state index is -0.631. The fourth-order valence-corrected chi connectivity index (χ4v) is 2.19. The molecule has 25 heavy (non-hydrogen) atoms. The molecule has 0 amide bonds. The zero-order valence-electron chi connectivity index (χ0n) is 13.2. The third kappa shape index (κ3) is 3.71. The van der Waals surface area contributed by atoms with Crippen LogP contribution in [0, 0.1) is 5.82 Å². The van der Waals surface area contributed by atoms with Crippen molar-refractivity contribution in [3.63, 3.8) is 0 Å². The number of phenols is 2. The predicted molar refractivity (Wildman–Crippen MR) is 101 cm³/mol. The first-order chi connectivity index (χ1) is 11.8. The smallest absolute Gasteiger partial charge is 0.151 e. The topological polar surface area (TPSA) is 105 Å². The Morgan fingerprint density at radius 1 is 1.08 bits per heavy atom. The van der Waals surface area contributed by atoms with Gasteiger partial charge in [-0.1, -0.05) is 10.9 Å².